The summed E-state index contributed by atoms with van der Waals surface area (Å²) < 4.78 is 55.1. The van der Waals surface area contributed by atoms with Crippen LogP contribution < -0.4 is 15.4 Å². The fourth-order valence-electron chi connectivity index (χ4n) is 7.61. The van der Waals surface area contributed by atoms with E-state index in [1.165, 1.54) is 21.9 Å². The highest BCUT2D eigenvalue weighted by Gasteiger charge is 2.62. The van der Waals surface area contributed by atoms with Crippen LogP contribution in [0.2, 0.25) is 0 Å². The third kappa shape index (κ3) is 9.00. The lowest BCUT2D eigenvalue weighted by Gasteiger charge is -2.30. The Hall–Kier alpha value is -4.99. The summed E-state index contributed by atoms with van der Waals surface area (Å²) in [5.74, 6) is -3.27. The van der Waals surface area contributed by atoms with Crippen LogP contribution in [0.3, 0.4) is 0 Å². The number of alkyl carbamates (subject to hydrolysis) is 1. The number of nitrogens with zero attached hydrogens (tertiary/aromatic N) is 2. The summed E-state index contributed by atoms with van der Waals surface area (Å²) in [5, 5.41) is 5.47. The van der Waals surface area contributed by atoms with Gasteiger partial charge in [-0.25, -0.2) is 27.1 Å². The first kappa shape index (κ1) is 40.7. The largest absolute Gasteiger partial charge is 0.444 e. The topological polar surface area (TPSA) is 181 Å². The van der Waals surface area contributed by atoms with Crippen LogP contribution in [-0.4, -0.2) is 84.0 Å². The van der Waals surface area contributed by atoms with E-state index in [9.17, 15) is 36.8 Å². The maximum atomic E-state index is 14.5. The van der Waals surface area contributed by atoms with Crippen molar-refractivity contribution in [1.82, 2.24) is 25.2 Å². The van der Waals surface area contributed by atoms with E-state index in [4.69, 9.17) is 9.47 Å². The summed E-state index contributed by atoms with van der Waals surface area (Å²) in [6.07, 6.45) is 3.95. The van der Waals surface area contributed by atoms with Crippen molar-refractivity contribution in [3.8, 4) is 0 Å². The van der Waals surface area contributed by atoms with E-state index in [0.717, 1.165) is 6.42 Å². The van der Waals surface area contributed by atoms with Crippen LogP contribution in [0.5, 0.6) is 0 Å². The third-order valence-corrected chi connectivity index (χ3v) is 12.1. The van der Waals surface area contributed by atoms with E-state index >= 15 is 0 Å². The number of amides is 5. The Morgan fingerprint density at radius 3 is 2.54 bits per heavy atom. The van der Waals surface area contributed by atoms with Crippen LogP contribution in [-0.2, 0) is 47.0 Å². The molecule has 0 bridgehead atoms. The molecule has 2 fully saturated rings. The molecule has 4 aliphatic rings. The van der Waals surface area contributed by atoms with E-state index in [0.29, 0.717) is 41.5 Å². The summed E-state index contributed by atoms with van der Waals surface area (Å²) in [5.41, 5.74) is -0.369. The molecule has 302 valence electrons. The van der Waals surface area contributed by atoms with Gasteiger partial charge in [0.05, 0.1) is 18.0 Å². The molecular formula is C40H50FN5O9S. The number of halogens is 1. The summed E-state index contributed by atoms with van der Waals surface area (Å²) in [6, 6.07) is 7.09. The SMILES string of the molecule is Cc1ccc(C)c(S(=O)(=O)NC(=O)[C@@]23CC2/C=C\CCCCC[C@H](NC(=O)OC(C)(C)C)C(=O)N2C[C@H](OC(=O)N4Cc5cccc(F)c5C4)C[C@H]2C(=O)N3)c1. The lowest BCUT2D eigenvalue weighted by molar-refractivity contribution is -0.141. The van der Waals surface area contributed by atoms with Crippen LogP contribution in [0.25, 0.3) is 0 Å². The van der Waals surface area contributed by atoms with Crippen LogP contribution >= 0.6 is 0 Å². The minimum Gasteiger partial charge on any atom is -0.444 e. The number of carbonyl (C=O) groups is 5. The molecule has 0 aromatic heterocycles. The van der Waals surface area contributed by atoms with E-state index in [1.54, 1.807) is 65.0 Å². The predicted molar refractivity (Wildman–Crippen MR) is 202 cm³/mol. The maximum Gasteiger partial charge on any atom is 0.410 e. The van der Waals surface area contributed by atoms with E-state index < -0.39 is 81.0 Å². The van der Waals surface area contributed by atoms with Gasteiger partial charge in [0.2, 0.25) is 11.8 Å². The number of carbonyl (C=O) groups excluding carboxylic acids is 5. The number of nitrogens with one attached hydrogen (secondary N) is 3. The first-order valence-electron chi connectivity index (χ1n) is 19.0. The van der Waals surface area contributed by atoms with E-state index in [1.807, 2.05) is 6.08 Å². The molecule has 1 unspecified atom stereocenters. The van der Waals surface area contributed by atoms with Crippen molar-refractivity contribution < 1.29 is 46.3 Å². The Kier molecular flexibility index (Phi) is 11.5. The van der Waals surface area contributed by atoms with Gasteiger partial charge in [0.25, 0.3) is 15.9 Å². The highest BCUT2D eigenvalue weighted by molar-refractivity contribution is 7.90. The van der Waals surface area contributed by atoms with Gasteiger partial charge in [0.1, 0.15) is 35.1 Å². The van der Waals surface area contributed by atoms with Crippen molar-refractivity contribution in [3.63, 3.8) is 0 Å². The van der Waals surface area contributed by atoms with Crippen molar-refractivity contribution >= 4 is 39.9 Å². The average Bonchev–Trinajstić information content (AvgIpc) is 3.41. The Labute approximate surface area is 326 Å². The van der Waals surface area contributed by atoms with Crippen LogP contribution in [0.4, 0.5) is 14.0 Å². The van der Waals surface area contributed by atoms with Gasteiger partial charge in [-0.05, 0) is 89.1 Å². The molecule has 14 nitrogen and oxygen atoms in total. The Balaban J connectivity index is 1.27. The van der Waals surface area contributed by atoms with Gasteiger partial charge in [-0.3, -0.25) is 19.3 Å². The number of hydrogen-bond acceptors (Lipinski definition) is 9. The van der Waals surface area contributed by atoms with Crippen molar-refractivity contribution in [1.29, 1.82) is 0 Å². The van der Waals surface area contributed by atoms with Crippen molar-refractivity contribution in [2.24, 2.45) is 5.92 Å². The standard InChI is InChI=1S/C40H50FN5O9S/c1-24-16-17-25(2)33(18-24)56(52,53)44-36(49)40-20-27(40)13-9-7-6-8-10-15-31(42-37(50)55-39(3,4)5)35(48)46-22-28(19-32(46)34(47)43-40)54-38(51)45-21-26-12-11-14-30(41)29(26)23-45/h9,11-14,16-18,27-28,31-32H,6-8,10,15,19-23H2,1-5H3,(H,42,50)(H,43,47)(H,44,49)/b13-9-/t27?,28-,31+,32+,40-/m1/s1. The lowest BCUT2D eigenvalue weighted by Crippen LogP contribution is -2.58. The number of fused-ring (bicyclic) bond motifs is 3. The third-order valence-electron chi connectivity index (χ3n) is 10.6. The molecule has 3 N–H and O–H groups in total. The zero-order valence-electron chi connectivity index (χ0n) is 32.4. The molecule has 5 amide bonds. The molecule has 1 saturated carbocycles. The molecule has 3 heterocycles. The molecule has 2 aromatic carbocycles. The second-order valence-electron chi connectivity index (χ2n) is 16.2. The molecule has 56 heavy (non-hydrogen) atoms. The summed E-state index contributed by atoms with van der Waals surface area (Å²) in [4.78, 5) is 71.7. The molecular weight excluding hydrogens is 746 g/mol. The molecule has 3 aliphatic heterocycles. The smallest absolute Gasteiger partial charge is 0.410 e. The summed E-state index contributed by atoms with van der Waals surface area (Å²) >= 11 is 0. The fraction of sp³-hybridized carbons (Fsp3) is 0.525. The summed E-state index contributed by atoms with van der Waals surface area (Å²) in [6.45, 7) is 8.31. The van der Waals surface area contributed by atoms with Crippen molar-refractivity contribution in [2.45, 2.75) is 127 Å². The van der Waals surface area contributed by atoms with Crippen LogP contribution in [0.1, 0.15) is 88.0 Å². The number of ether oxygens (including phenoxy) is 2. The zero-order valence-corrected chi connectivity index (χ0v) is 33.2. The number of benzene rings is 2. The zero-order chi connectivity index (χ0) is 40.6. The van der Waals surface area contributed by atoms with Gasteiger partial charge in [0, 0.05) is 24.4 Å². The second kappa shape index (κ2) is 15.9. The van der Waals surface area contributed by atoms with Gasteiger partial charge in [-0.15, -0.1) is 0 Å². The molecule has 1 saturated heterocycles. The van der Waals surface area contributed by atoms with Gasteiger partial charge in [-0.1, -0.05) is 49.3 Å². The predicted octanol–water partition coefficient (Wildman–Crippen LogP) is 4.66. The highest BCUT2D eigenvalue weighted by atomic mass is 32.2. The average molecular weight is 796 g/mol. The second-order valence-corrected chi connectivity index (χ2v) is 17.9. The molecule has 1 aliphatic carbocycles. The minimum atomic E-state index is -4.35. The first-order valence-corrected chi connectivity index (χ1v) is 20.5. The maximum absolute atomic E-state index is 14.5. The molecule has 2 aromatic rings. The molecule has 5 atom stereocenters. The lowest BCUT2D eigenvalue weighted by atomic mass is 10.0. The normalized spacial score (nSPS) is 26.0. The molecule has 0 spiro atoms. The molecule has 0 radical (unpaired) electrons. The van der Waals surface area contributed by atoms with Crippen molar-refractivity contribution in [2.75, 3.05) is 6.54 Å². The number of aryl methyl sites for hydroxylation is 2. The van der Waals surface area contributed by atoms with Crippen molar-refractivity contribution in [3.05, 3.63) is 76.6 Å². The van der Waals surface area contributed by atoms with Gasteiger partial charge in [0.15, 0.2) is 0 Å². The fourth-order valence-corrected chi connectivity index (χ4v) is 8.98. The number of hydrogen-bond donors (Lipinski definition) is 3. The van der Waals surface area contributed by atoms with E-state index in [-0.39, 0.29) is 43.8 Å². The highest BCUT2D eigenvalue weighted by Crippen LogP contribution is 2.46. The number of rotatable bonds is 5. The Morgan fingerprint density at radius 2 is 1.80 bits per heavy atom. The van der Waals surface area contributed by atoms with Gasteiger partial charge < -0.3 is 25.0 Å². The first-order chi connectivity index (χ1) is 26.4. The Bertz CT molecular complexity index is 2050. The monoisotopic (exact) mass is 795 g/mol. The number of allylic oxidation sites excluding steroid dienone is 1. The minimum absolute atomic E-state index is 0.0144. The Morgan fingerprint density at radius 1 is 1.04 bits per heavy atom. The van der Waals surface area contributed by atoms with Crippen LogP contribution in [0, 0.1) is 25.6 Å². The quantitative estimate of drug-likeness (QED) is 0.363. The molecule has 16 heteroatoms. The van der Waals surface area contributed by atoms with Crippen LogP contribution in [0.15, 0.2) is 53.4 Å². The number of sulfonamides is 1. The molecule has 6 rings (SSSR count). The summed E-state index contributed by atoms with van der Waals surface area (Å²) in [7, 11) is -4.35. The van der Waals surface area contributed by atoms with Gasteiger partial charge >= 0.3 is 12.2 Å². The van der Waals surface area contributed by atoms with Gasteiger partial charge in [-0.2, -0.15) is 0 Å². The van der Waals surface area contributed by atoms with E-state index in [2.05, 4.69) is 15.4 Å².